The van der Waals surface area contributed by atoms with Crippen LogP contribution in [0.1, 0.15) is 19.8 Å². The van der Waals surface area contributed by atoms with Crippen LogP contribution in [-0.4, -0.2) is 27.1 Å². The summed E-state index contributed by atoms with van der Waals surface area (Å²) in [4.78, 5) is 21.3. The van der Waals surface area contributed by atoms with E-state index in [-0.39, 0.29) is 6.03 Å². The number of fused-ring (bicyclic) bond motifs is 1. The molecule has 0 saturated heterocycles. The summed E-state index contributed by atoms with van der Waals surface area (Å²) in [5.74, 6) is 0.589. The fraction of sp³-hybridized carbons (Fsp3) is 0.267. The molecule has 5 nitrogen and oxygen atoms in total. The molecule has 0 aliphatic rings. The van der Waals surface area contributed by atoms with E-state index in [1.807, 2.05) is 29.6 Å². The van der Waals surface area contributed by atoms with E-state index < -0.39 is 0 Å². The number of thiazole rings is 1. The van der Waals surface area contributed by atoms with Gasteiger partial charge in [-0.15, -0.1) is 11.3 Å². The number of unbranched alkanes of at least 4 members (excludes halogenated alkanes) is 1. The number of aromatic nitrogens is 3. The Hall–Kier alpha value is -2.21. The number of benzene rings is 1. The molecule has 108 valence electrons. The highest BCUT2D eigenvalue weighted by Gasteiger charge is 2.18. The maximum Gasteiger partial charge on any atom is 0.327 e. The molecule has 0 atom stereocenters. The van der Waals surface area contributed by atoms with Gasteiger partial charge in [0.05, 0.1) is 16.5 Å². The third-order valence-corrected chi connectivity index (χ3v) is 3.82. The van der Waals surface area contributed by atoms with Gasteiger partial charge in [0, 0.05) is 11.9 Å². The van der Waals surface area contributed by atoms with Crippen molar-refractivity contribution < 1.29 is 4.79 Å². The zero-order valence-corrected chi connectivity index (χ0v) is 12.6. The summed E-state index contributed by atoms with van der Waals surface area (Å²) in [6, 6.07) is 7.48. The molecule has 3 rings (SSSR count). The van der Waals surface area contributed by atoms with Crippen molar-refractivity contribution in [1.29, 1.82) is 0 Å². The Morgan fingerprint density at radius 1 is 1.38 bits per heavy atom. The highest BCUT2D eigenvalue weighted by atomic mass is 32.1. The Morgan fingerprint density at radius 3 is 3.00 bits per heavy atom. The lowest BCUT2D eigenvalue weighted by Crippen LogP contribution is -2.29. The quantitative estimate of drug-likeness (QED) is 0.750. The number of imidazole rings is 1. The van der Waals surface area contributed by atoms with Crippen molar-refractivity contribution in [2.75, 3.05) is 6.54 Å². The van der Waals surface area contributed by atoms with Gasteiger partial charge >= 0.3 is 6.03 Å². The Bertz CT molecular complexity index is 748. The minimum atomic E-state index is -0.153. The Labute approximate surface area is 126 Å². The standard InChI is InChI=1S/C15H16N4OS/c1-2-3-8-16-15(20)19-13-7-5-4-6-11(13)18-14(19)12-9-21-10-17-12/h4-7,9-10H,2-3,8H2,1H3,(H,16,20). The first-order valence-corrected chi connectivity index (χ1v) is 7.89. The van der Waals surface area contributed by atoms with Gasteiger partial charge in [0.2, 0.25) is 0 Å². The Balaban J connectivity index is 2.06. The van der Waals surface area contributed by atoms with Gasteiger partial charge < -0.3 is 5.32 Å². The second-order valence-corrected chi connectivity index (χ2v) is 5.44. The SMILES string of the molecule is CCCCNC(=O)n1c(-c2cscn2)nc2ccccc21. The zero-order chi connectivity index (χ0) is 14.7. The summed E-state index contributed by atoms with van der Waals surface area (Å²) >= 11 is 1.49. The molecule has 6 heteroatoms. The zero-order valence-electron chi connectivity index (χ0n) is 11.7. The van der Waals surface area contributed by atoms with Crippen LogP contribution < -0.4 is 5.32 Å². The van der Waals surface area contributed by atoms with Crippen LogP contribution in [0.3, 0.4) is 0 Å². The van der Waals surface area contributed by atoms with Gasteiger partial charge in [-0.05, 0) is 18.6 Å². The van der Waals surface area contributed by atoms with Crippen LogP contribution in [0.4, 0.5) is 4.79 Å². The highest BCUT2D eigenvalue weighted by Crippen LogP contribution is 2.24. The number of carbonyl (C=O) groups is 1. The summed E-state index contributed by atoms with van der Waals surface area (Å²) in [5.41, 5.74) is 4.07. The number of amides is 1. The fourth-order valence-corrected chi connectivity index (χ4v) is 2.71. The molecular formula is C15H16N4OS. The highest BCUT2D eigenvalue weighted by molar-refractivity contribution is 7.07. The molecule has 0 aliphatic heterocycles. The summed E-state index contributed by atoms with van der Waals surface area (Å²) in [6.07, 6.45) is 2.01. The molecule has 2 aromatic heterocycles. The van der Waals surface area contributed by atoms with Crippen LogP contribution in [0.25, 0.3) is 22.6 Å². The molecule has 2 heterocycles. The number of hydrogen-bond acceptors (Lipinski definition) is 4. The average molecular weight is 300 g/mol. The van der Waals surface area contributed by atoms with Crippen molar-refractivity contribution in [1.82, 2.24) is 19.9 Å². The van der Waals surface area contributed by atoms with E-state index in [4.69, 9.17) is 0 Å². The van der Waals surface area contributed by atoms with E-state index in [0.29, 0.717) is 12.4 Å². The largest absolute Gasteiger partial charge is 0.337 e. The number of rotatable bonds is 4. The van der Waals surface area contributed by atoms with Crippen LogP contribution >= 0.6 is 11.3 Å². The van der Waals surface area contributed by atoms with Crippen molar-refractivity contribution in [3.8, 4) is 11.5 Å². The smallest absolute Gasteiger partial charge is 0.327 e. The van der Waals surface area contributed by atoms with E-state index in [1.54, 1.807) is 10.1 Å². The van der Waals surface area contributed by atoms with Crippen molar-refractivity contribution in [2.24, 2.45) is 0 Å². The lowest BCUT2D eigenvalue weighted by atomic mass is 10.3. The van der Waals surface area contributed by atoms with Crippen LogP contribution in [-0.2, 0) is 0 Å². The van der Waals surface area contributed by atoms with Crippen molar-refractivity contribution in [2.45, 2.75) is 19.8 Å². The van der Waals surface area contributed by atoms with Gasteiger partial charge in [-0.25, -0.2) is 19.3 Å². The van der Waals surface area contributed by atoms with Gasteiger partial charge in [-0.1, -0.05) is 25.5 Å². The van der Waals surface area contributed by atoms with Crippen LogP contribution in [0.5, 0.6) is 0 Å². The van der Waals surface area contributed by atoms with Gasteiger partial charge in [0.15, 0.2) is 5.82 Å². The van der Waals surface area contributed by atoms with E-state index in [1.165, 1.54) is 11.3 Å². The summed E-state index contributed by atoms with van der Waals surface area (Å²) < 4.78 is 1.61. The minimum Gasteiger partial charge on any atom is -0.337 e. The van der Waals surface area contributed by atoms with Gasteiger partial charge in [-0.3, -0.25) is 0 Å². The molecule has 0 saturated carbocycles. The second kappa shape index (κ2) is 6.05. The first kappa shape index (κ1) is 13.8. The number of carbonyl (C=O) groups excluding carboxylic acids is 1. The summed E-state index contributed by atoms with van der Waals surface area (Å²) in [6.45, 7) is 2.76. The molecule has 21 heavy (non-hydrogen) atoms. The van der Waals surface area contributed by atoms with E-state index in [2.05, 4.69) is 22.2 Å². The molecule has 0 bridgehead atoms. The predicted molar refractivity (Wildman–Crippen MR) is 84.5 cm³/mol. The minimum absolute atomic E-state index is 0.153. The van der Waals surface area contributed by atoms with Crippen LogP contribution in [0.2, 0.25) is 0 Å². The fourth-order valence-electron chi connectivity index (χ4n) is 2.18. The Morgan fingerprint density at radius 2 is 2.24 bits per heavy atom. The number of para-hydroxylation sites is 2. The lowest BCUT2D eigenvalue weighted by Gasteiger charge is -2.08. The Kier molecular flexibility index (Phi) is 3.96. The van der Waals surface area contributed by atoms with Crippen LogP contribution in [0.15, 0.2) is 35.2 Å². The number of nitrogens with one attached hydrogen (secondary N) is 1. The summed E-state index contributed by atoms with van der Waals surface area (Å²) in [5, 5.41) is 4.84. The van der Waals surface area contributed by atoms with Crippen molar-refractivity contribution in [3.05, 3.63) is 35.2 Å². The predicted octanol–water partition coefficient (Wildman–Crippen LogP) is 3.52. The molecule has 1 amide bonds. The number of nitrogens with zero attached hydrogens (tertiary/aromatic N) is 3. The molecule has 0 spiro atoms. The third kappa shape index (κ3) is 2.67. The maximum absolute atomic E-state index is 12.5. The lowest BCUT2D eigenvalue weighted by molar-refractivity contribution is 0.243. The molecule has 0 radical (unpaired) electrons. The average Bonchev–Trinajstić information content (AvgIpc) is 3.14. The van der Waals surface area contributed by atoms with E-state index >= 15 is 0 Å². The normalized spacial score (nSPS) is 10.9. The molecular weight excluding hydrogens is 284 g/mol. The molecule has 1 N–H and O–H groups in total. The summed E-state index contributed by atoms with van der Waals surface area (Å²) in [7, 11) is 0. The monoisotopic (exact) mass is 300 g/mol. The van der Waals surface area contributed by atoms with Crippen molar-refractivity contribution in [3.63, 3.8) is 0 Å². The van der Waals surface area contributed by atoms with E-state index in [9.17, 15) is 4.79 Å². The number of hydrogen-bond donors (Lipinski definition) is 1. The molecule has 1 aromatic carbocycles. The van der Waals surface area contributed by atoms with Crippen LogP contribution in [0, 0.1) is 0 Å². The van der Waals surface area contributed by atoms with Gasteiger partial charge in [0.25, 0.3) is 0 Å². The topological polar surface area (TPSA) is 59.8 Å². The van der Waals surface area contributed by atoms with Crippen molar-refractivity contribution >= 4 is 28.4 Å². The van der Waals surface area contributed by atoms with Gasteiger partial charge in [0.1, 0.15) is 5.69 Å². The molecule has 0 unspecified atom stereocenters. The first-order valence-electron chi connectivity index (χ1n) is 6.95. The van der Waals surface area contributed by atoms with E-state index in [0.717, 1.165) is 29.6 Å². The molecule has 0 aliphatic carbocycles. The maximum atomic E-state index is 12.5. The first-order chi connectivity index (χ1) is 10.3. The van der Waals surface area contributed by atoms with Gasteiger partial charge in [-0.2, -0.15) is 0 Å². The second-order valence-electron chi connectivity index (χ2n) is 4.72. The molecule has 3 aromatic rings. The molecule has 0 fully saturated rings. The third-order valence-electron chi connectivity index (χ3n) is 3.23.